The highest BCUT2D eigenvalue weighted by Crippen LogP contribution is 2.38. The zero-order valence-electron chi connectivity index (χ0n) is 15.7. The van der Waals surface area contributed by atoms with Crippen molar-refractivity contribution in [1.29, 1.82) is 0 Å². The molecule has 148 valence electrons. The molecule has 3 rings (SSSR count). The minimum atomic E-state index is -1.06. The summed E-state index contributed by atoms with van der Waals surface area (Å²) in [6.07, 6.45) is -0.437. The van der Waals surface area contributed by atoms with Crippen molar-refractivity contribution in [3.63, 3.8) is 0 Å². The molecular formula is C20H20O8. The van der Waals surface area contributed by atoms with E-state index in [9.17, 15) is 9.59 Å². The second-order valence-corrected chi connectivity index (χ2v) is 5.72. The first-order valence-electron chi connectivity index (χ1n) is 8.55. The van der Waals surface area contributed by atoms with E-state index in [1.54, 1.807) is 25.1 Å². The van der Waals surface area contributed by atoms with Crippen LogP contribution in [0.5, 0.6) is 28.7 Å². The van der Waals surface area contributed by atoms with Crippen LogP contribution < -0.4 is 23.7 Å². The lowest BCUT2D eigenvalue weighted by molar-refractivity contribution is -0.151. The van der Waals surface area contributed by atoms with Gasteiger partial charge in [-0.25, -0.2) is 4.79 Å². The molecule has 0 fully saturated rings. The molecule has 28 heavy (non-hydrogen) atoms. The van der Waals surface area contributed by atoms with E-state index in [0.29, 0.717) is 23.3 Å². The fourth-order valence-corrected chi connectivity index (χ4v) is 2.78. The van der Waals surface area contributed by atoms with Crippen molar-refractivity contribution in [1.82, 2.24) is 0 Å². The molecule has 1 heterocycles. The molecule has 0 N–H and O–H groups in total. The van der Waals surface area contributed by atoms with E-state index in [1.807, 2.05) is 0 Å². The van der Waals surface area contributed by atoms with Gasteiger partial charge in [-0.05, 0) is 19.1 Å². The Morgan fingerprint density at radius 2 is 1.79 bits per heavy atom. The van der Waals surface area contributed by atoms with E-state index in [4.69, 9.17) is 28.4 Å². The summed E-state index contributed by atoms with van der Waals surface area (Å²) in [4.78, 5) is 23.9. The van der Waals surface area contributed by atoms with Gasteiger partial charge in [0.15, 0.2) is 17.8 Å². The zero-order valence-corrected chi connectivity index (χ0v) is 15.7. The van der Waals surface area contributed by atoms with Crippen molar-refractivity contribution in [3.05, 3.63) is 41.5 Å². The predicted molar refractivity (Wildman–Crippen MR) is 97.5 cm³/mol. The number of hydrogen-bond donors (Lipinski definition) is 0. The van der Waals surface area contributed by atoms with Crippen molar-refractivity contribution >= 4 is 12.3 Å². The topological polar surface area (TPSA) is 89.5 Å². The van der Waals surface area contributed by atoms with Crippen LogP contribution in [0.2, 0.25) is 0 Å². The molecule has 1 unspecified atom stereocenters. The van der Waals surface area contributed by atoms with Crippen LogP contribution in [-0.2, 0) is 9.53 Å². The van der Waals surface area contributed by atoms with Crippen LogP contribution in [0.15, 0.2) is 30.3 Å². The molecule has 1 atom stereocenters. The molecule has 0 bridgehead atoms. The Labute approximate surface area is 161 Å². The first-order valence-corrected chi connectivity index (χ1v) is 8.55. The van der Waals surface area contributed by atoms with Gasteiger partial charge in [0, 0.05) is 17.7 Å². The number of ether oxygens (including phenoxy) is 6. The van der Waals surface area contributed by atoms with Crippen molar-refractivity contribution in [2.45, 2.75) is 13.0 Å². The minimum absolute atomic E-state index is 0.116. The average Bonchev–Trinajstić information content (AvgIpc) is 3.19. The summed E-state index contributed by atoms with van der Waals surface area (Å²) in [5.41, 5.74) is 0.771. The highest BCUT2D eigenvalue weighted by molar-refractivity contribution is 5.84. The van der Waals surface area contributed by atoms with Crippen LogP contribution >= 0.6 is 0 Å². The molecule has 0 aliphatic carbocycles. The summed E-state index contributed by atoms with van der Waals surface area (Å²) in [7, 11) is 2.85. The Kier molecular flexibility index (Phi) is 5.88. The van der Waals surface area contributed by atoms with E-state index in [2.05, 4.69) is 0 Å². The molecule has 0 saturated carbocycles. The maximum Gasteiger partial charge on any atom is 0.352 e. The van der Waals surface area contributed by atoms with Gasteiger partial charge >= 0.3 is 5.97 Å². The number of benzene rings is 2. The molecule has 0 spiro atoms. The van der Waals surface area contributed by atoms with Crippen LogP contribution in [0.1, 0.15) is 28.9 Å². The lowest BCUT2D eigenvalue weighted by atomic mass is 10.1. The third-order valence-corrected chi connectivity index (χ3v) is 4.09. The molecule has 0 radical (unpaired) electrons. The number of esters is 1. The summed E-state index contributed by atoms with van der Waals surface area (Å²) >= 11 is 0. The van der Waals surface area contributed by atoms with Crippen molar-refractivity contribution in [3.8, 4) is 28.7 Å². The molecule has 0 aromatic heterocycles. The lowest BCUT2D eigenvalue weighted by Gasteiger charge is -2.20. The molecule has 2 aromatic rings. The van der Waals surface area contributed by atoms with Crippen molar-refractivity contribution in [2.24, 2.45) is 0 Å². The Bertz CT molecular complexity index is 851. The van der Waals surface area contributed by atoms with Crippen LogP contribution in [0.3, 0.4) is 0 Å². The fourth-order valence-electron chi connectivity index (χ4n) is 2.78. The maximum absolute atomic E-state index is 12.5. The molecule has 1 aliphatic rings. The van der Waals surface area contributed by atoms with Crippen LogP contribution in [0.4, 0.5) is 0 Å². The second-order valence-electron chi connectivity index (χ2n) is 5.72. The lowest BCUT2D eigenvalue weighted by Crippen LogP contribution is -2.21. The fraction of sp³-hybridized carbons (Fsp3) is 0.300. The van der Waals surface area contributed by atoms with Gasteiger partial charge < -0.3 is 28.4 Å². The summed E-state index contributed by atoms with van der Waals surface area (Å²) in [5, 5.41) is 0. The maximum atomic E-state index is 12.5. The van der Waals surface area contributed by atoms with Crippen LogP contribution in [-0.4, -0.2) is 39.9 Å². The zero-order chi connectivity index (χ0) is 20.1. The Morgan fingerprint density at radius 3 is 2.39 bits per heavy atom. The van der Waals surface area contributed by atoms with E-state index in [1.165, 1.54) is 26.4 Å². The molecular weight excluding hydrogens is 368 g/mol. The number of carbonyl (C=O) groups is 2. The van der Waals surface area contributed by atoms with Crippen molar-refractivity contribution in [2.75, 3.05) is 27.6 Å². The summed E-state index contributed by atoms with van der Waals surface area (Å²) in [6, 6.07) is 8.07. The standard InChI is InChI=1S/C20H20O8/c1-4-25-20(22)19(12-5-6-15-18(7-12)27-11-26-15)28-13-8-16(23-2)14(10-21)17(9-13)24-3/h5-10,19H,4,11H2,1-3H3. The van der Waals surface area contributed by atoms with E-state index in [0.717, 1.165) is 0 Å². The first kappa shape index (κ1) is 19.3. The molecule has 1 aliphatic heterocycles. The normalized spacial score (nSPS) is 12.8. The Hall–Kier alpha value is -3.42. The number of fused-ring (bicyclic) bond motifs is 1. The monoisotopic (exact) mass is 388 g/mol. The summed E-state index contributed by atoms with van der Waals surface area (Å²) in [5.74, 6) is 1.33. The van der Waals surface area contributed by atoms with Gasteiger partial charge in [0.25, 0.3) is 0 Å². The minimum Gasteiger partial charge on any atom is -0.496 e. The summed E-state index contributed by atoms with van der Waals surface area (Å²) in [6.45, 7) is 2.02. The number of carbonyl (C=O) groups excluding carboxylic acids is 2. The van der Waals surface area contributed by atoms with Gasteiger partial charge in [0.05, 0.1) is 26.4 Å². The SMILES string of the molecule is CCOC(=O)C(Oc1cc(OC)c(C=O)c(OC)c1)c1ccc2c(c1)OCO2. The Balaban J connectivity index is 1.98. The predicted octanol–water partition coefficient (Wildman–Crippen LogP) is 2.93. The van der Waals surface area contributed by atoms with E-state index < -0.39 is 12.1 Å². The molecule has 0 saturated heterocycles. The van der Waals surface area contributed by atoms with E-state index in [-0.39, 0.29) is 36.2 Å². The smallest absolute Gasteiger partial charge is 0.352 e. The van der Waals surface area contributed by atoms with Gasteiger partial charge in [-0.3, -0.25) is 4.79 Å². The van der Waals surface area contributed by atoms with Gasteiger partial charge in [-0.15, -0.1) is 0 Å². The Morgan fingerprint density at radius 1 is 1.11 bits per heavy atom. The highest BCUT2D eigenvalue weighted by Gasteiger charge is 2.27. The largest absolute Gasteiger partial charge is 0.496 e. The first-order chi connectivity index (χ1) is 13.6. The highest BCUT2D eigenvalue weighted by atomic mass is 16.7. The van der Waals surface area contributed by atoms with Gasteiger partial charge in [-0.1, -0.05) is 6.07 Å². The third kappa shape index (κ3) is 3.80. The number of hydrogen-bond acceptors (Lipinski definition) is 8. The van der Waals surface area contributed by atoms with Crippen LogP contribution in [0, 0.1) is 0 Å². The summed E-state index contributed by atoms with van der Waals surface area (Å²) < 4.78 is 32.2. The van der Waals surface area contributed by atoms with Crippen LogP contribution in [0.25, 0.3) is 0 Å². The number of methoxy groups -OCH3 is 2. The van der Waals surface area contributed by atoms with Gasteiger partial charge in [0.1, 0.15) is 17.2 Å². The molecule has 0 amide bonds. The number of rotatable bonds is 8. The van der Waals surface area contributed by atoms with E-state index >= 15 is 0 Å². The van der Waals surface area contributed by atoms with Crippen molar-refractivity contribution < 1.29 is 38.0 Å². The third-order valence-electron chi connectivity index (χ3n) is 4.09. The van der Waals surface area contributed by atoms with Gasteiger partial charge in [0.2, 0.25) is 12.9 Å². The molecule has 8 heteroatoms. The van der Waals surface area contributed by atoms with Gasteiger partial charge in [-0.2, -0.15) is 0 Å². The average molecular weight is 388 g/mol. The molecule has 8 nitrogen and oxygen atoms in total. The number of aldehydes is 1. The quantitative estimate of drug-likeness (QED) is 0.504. The second kappa shape index (κ2) is 8.51. The molecule has 2 aromatic carbocycles.